The summed E-state index contributed by atoms with van der Waals surface area (Å²) in [5.74, 6) is 1.97. The van der Waals surface area contributed by atoms with Gasteiger partial charge in [-0.25, -0.2) is 0 Å². The standard InChI is InChI=1S/C14H18BrN3O2/c1-3-14-17-13(18-20-14)8-19-12-5-4-11(15)7-10(12)6-9(2)16/h4-5,7,9H,3,6,8,16H2,1-2H3. The Hall–Kier alpha value is -1.40. The van der Waals surface area contributed by atoms with Gasteiger partial charge < -0.3 is 15.0 Å². The summed E-state index contributed by atoms with van der Waals surface area (Å²) in [7, 11) is 0. The lowest BCUT2D eigenvalue weighted by molar-refractivity contribution is 0.282. The van der Waals surface area contributed by atoms with Crippen molar-refractivity contribution in [1.82, 2.24) is 10.1 Å². The molecule has 1 heterocycles. The predicted octanol–water partition coefficient (Wildman–Crippen LogP) is 2.86. The van der Waals surface area contributed by atoms with Gasteiger partial charge in [0.05, 0.1) is 0 Å². The second-order valence-electron chi connectivity index (χ2n) is 4.68. The summed E-state index contributed by atoms with van der Waals surface area (Å²) in [4.78, 5) is 4.22. The molecule has 1 aromatic heterocycles. The van der Waals surface area contributed by atoms with Crippen molar-refractivity contribution in [2.24, 2.45) is 5.73 Å². The first kappa shape index (κ1) is 15.0. The van der Waals surface area contributed by atoms with Crippen LogP contribution in [0.15, 0.2) is 27.2 Å². The Balaban J connectivity index is 2.08. The van der Waals surface area contributed by atoms with Gasteiger partial charge in [-0.1, -0.05) is 28.0 Å². The van der Waals surface area contributed by atoms with Crippen LogP contribution in [0.2, 0.25) is 0 Å². The van der Waals surface area contributed by atoms with Crippen molar-refractivity contribution >= 4 is 15.9 Å². The molecule has 0 aliphatic rings. The number of ether oxygens (including phenoxy) is 1. The molecule has 0 saturated carbocycles. The van der Waals surface area contributed by atoms with Gasteiger partial charge in [0, 0.05) is 16.9 Å². The van der Waals surface area contributed by atoms with Crippen LogP contribution in [0.5, 0.6) is 5.75 Å². The summed E-state index contributed by atoms with van der Waals surface area (Å²) in [6.07, 6.45) is 1.47. The van der Waals surface area contributed by atoms with Gasteiger partial charge >= 0.3 is 0 Å². The fraction of sp³-hybridized carbons (Fsp3) is 0.429. The normalized spacial score (nSPS) is 12.4. The average Bonchev–Trinajstić information content (AvgIpc) is 2.85. The van der Waals surface area contributed by atoms with Crippen LogP contribution in [0, 0.1) is 0 Å². The maximum absolute atomic E-state index is 5.86. The van der Waals surface area contributed by atoms with Gasteiger partial charge in [0.2, 0.25) is 11.7 Å². The summed E-state index contributed by atoms with van der Waals surface area (Å²) >= 11 is 3.46. The molecule has 20 heavy (non-hydrogen) atoms. The average molecular weight is 340 g/mol. The molecule has 108 valence electrons. The molecule has 0 amide bonds. The van der Waals surface area contributed by atoms with Crippen LogP contribution in [0.3, 0.4) is 0 Å². The lowest BCUT2D eigenvalue weighted by Gasteiger charge is -2.12. The minimum absolute atomic E-state index is 0.0727. The fourth-order valence-electron chi connectivity index (χ4n) is 1.83. The zero-order valence-corrected chi connectivity index (χ0v) is 13.2. The Morgan fingerprint density at radius 2 is 2.25 bits per heavy atom. The highest BCUT2D eigenvalue weighted by atomic mass is 79.9. The zero-order chi connectivity index (χ0) is 14.5. The number of nitrogens with zero attached hydrogens (tertiary/aromatic N) is 2. The number of rotatable bonds is 6. The molecule has 0 fully saturated rings. The monoisotopic (exact) mass is 339 g/mol. The first-order chi connectivity index (χ1) is 9.58. The lowest BCUT2D eigenvalue weighted by atomic mass is 10.1. The summed E-state index contributed by atoms with van der Waals surface area (Å²) in [5.41, 5.74) is 6.92. The van der Waals surface area contributed by atoms with Crippen LogP contribution >= 0.6 is 15.9 Å². The molecule has 6 heteroatoms. The second-order valence-corrected chi connectivity index (χ2v) is 5.60. The highest BCUT2D eigenvalue weighted by molar-refractivity contribution is 9.10. The topological polar surface area (TPSA) is 74.2 Å². The Labute approximate surface area is 126 Å². The van der Waals surface area contributed by atoms with Crippen molar-refractivity contribution in [3.05, 3.63) is 40.0 Å². The van der Waals surface area contributed by atoms with Crippen LogP contribution in [-0.2, 0) is 19.4 Å². The molecule has 0 aliphatic heterocycles. The van der Waals surface area contributed by atoms with E-state index in [9.17, 15) is 0 Å². The molecule has 0 spiro atoms. The summed E-state index contributed by atoms with van der Waals surface area (Å²) < 4.78 is 11.8. The van der Waals surface area contributed by atoms with Crippen LogP contribution < -0.4 is 10.5 Å². The quantitative estimate of drug-likeness (QED) is 0.875. The molecule has 1 unspecified atom stereocenters. The molecule has 0 saturated heterocycles. The molecule has 0 radical (unpaired) electrons. The first-order valence-corrected chi connectivity index (χ1v) is 7.36. The van der Waals surface area contributed by atoms with Crippen molar-refractivity contribution in [3.63, 3.8) is 0 Å². The van der Waals surface area contributed by atoms with Crippen LogP contribution in [0.1, 0.15) is 31.1 Å². The number of aryl methyl sites for hydroxylation is 1. The van der Waals surface area contributed by atoms with Gasteiger partial charge in [-0.2, -0.15) is 4.98 Å². The molecular formula is C14H18BrN3O2. The zero-order valence-electron chi connectivity index (χ0n) is 11.6. The molecule has 0 aliphatic carbocycles. The third-order valence-corrected chi connectivity index (χ3v) is 3.23. The number of hydrogen-bond acceptors (Lipinski definition) is 5. The first-order valence-electron chi connectivity index (χ1n) is 6.56. The smallest absolute Gasteiger partial charge is 0.226 e. The molecule has 1 aromatic carbocycles. The summed E-state index contributed by atoms with van der Waals surface area (Å²) in [5, 5.41) is 3.87. The van der Waals surface area contributed by atoms with Crippen molar-refractivity contribution in [3.8, 4) is 5.75 Å². The highest BCUT2D eigenvalue weighted by Gasteiger charge is 2.10. The molecule has 2 aromatic rings. The van der Waals surface area contributed by atoms with Crippen molar-refractivity contribution < 1.29 is 9.26 Å². The van der Waals surface area contributed by atoms with E-state index in [1.54, 1.807) is 0 Å². The minimum Gasteiger partial charge on any atom is -0.485 e. The van der Waals surface area contributed by atoms with E-state index in [0.717, 1.165) is 28.6 Å². The maximum Gasteiger partial charge on any atom is 0.226 e. The number of halogens is 1. The Morgan fingerprint density at radius 3 is 2.90 bits per heavy atom. The lowest BCUT2D eigenvalue weighted by Crippen LogP contribution is -2.18. The maximum atomic E-state index is 5.86. The van der Waals surface area contributed by atoms with Gasteiger partial charge in [0.25, 0.3) is 0 Å². The van der Waals surface area contributed by atoms with Crippen molar-refractivity contribution in [2.45, 2.75) is 39.3 Å². The third kappa shape index (κ3) is 4.05. The highest BCUT2D eigenvalue weighted by Crippen LogP contribution is 2.25. The van der Waals surface area contributed by atoms with Crippen LogP contribution in [0.25, 0.3) is 0 Å². The Morgan fingerprint density at radius 1 is 1.45 bits per heavy atom. The van der Waals surface area contributed by atoms with E-state index >= 15 is 0 Å². The van der Waals surface area contributed by atoms with Gasteiger partial charge in [0.15, 0.2) is 6.61 Å². The van der Waals surface area contributed by atoms with Gasteiger partial charge in [0.1, 0.15) is 5.75 Å². The number of hydrogen-bond donors (Lipinski definition) is 1. The second kappa shape index (κ2) is 6.85. The van der Waals surface area contributed by atoms with Crippen molar-refractivity contribution in [1.29, 1.82) is 0 Å². The molecule has 0 bridgehead atoms. The summed E-state index contributed by atoms with van der Waals surface area (Å²) in [6.45, 7) is 4.22. The number of nitrogens with two attached hydrogens (primary N) is 1. The minimum atomic E-state index is 0.0727. The molecule has 1 atom stereocenters. The van der Waals surface area contributed by atoms with Crippen LogP contribution in [-0.4, -0.2) is 16.2 Å². The van der Waals surface area contributed by atoms with E-state index in [1.165, 1.54) is 0 Å². The molecule has 2 N–H and O–H groups in total. The largest absolute Gasteiger partial charge is 0.485 e. The third-order valence-electron chi connectivity index (χ3n) is 2.73. The van der Waals surface area contributed by atoms with Gasteiger partial charge in [-0.3, -0.25) is 0 Å². The summed E-state index contributed by atoms with van der Waals surface area (Å²) in [6, 6.07) is 5.95. The molecular weight excluding hydrogens is 322 g/mol. The van der Waals surface area contributed by atoms with Crippen molar-refractivity contribution in [2.75, 3.05) is 0 Å². The van der Waals surface area contributed by atoms with E-state index < -0.39 is 0 Å². The molecule has 2 rings (SSSR count). The van der Waals surface area contributed by atoms with E-state index in [1.807, 2.05) is 32.0 Å². The van der Waals surface area contributed by atoms with E-state index in [2.05, 4.69) is 26.1 Å². The van der Waals surface area contributed by atoms with E-state index in [-0.39, 0.29) is 12.6 Å². The predicted molar refractivity (Wildman–Crippen MR) is 79.5 cm³/mol. The van der Waals surface area contributed by atoms with E-state index in [0.29, 0.717) is 11.7 Å². The fourth-order valence-corrected chi connectivity index (χ4v) is 2.24. The van der Waals surface area contributed by atoms with Crippen LogP contribution in [0.4, 0.5) is 0 Å². The van der Waals surface area contributed by atoms with Gasteiger partial charge in [-0.05, 0) is 37.1 Å². The van der Waals surface area contributed by atoms with Gasteiger partial charge in [-0.15, -0.1) is 0 Å². The SMILES string of the molecule is CCc1nc(COc2ccc(Br)cc2CC(C)N)no1. The number of aromatic nitrogens is 2. The Kier molecular flexibility index (Phi) is 5.14. The molecule has 5 nitrogen and oxygen atoms in total. The Bertz CT molecular complexity index is 569. The number of benzene rings is 1. The van der Waals surface area contributed by atoms with E-state index in [4.69, 9.17) is 15.0 Å².